The predicted molar refractivity (Wildman–Crippen MR) is 77.9 cm³/mol. The van der Waals surface area contributed by atoms with E-state index >= 15 is 0 Å². The minimum atomic E-state index is -0.216. The highest BCUT2D eigenvalue weighted by molar-refractivity contribution is 7.16. The average Bonchev–Trinajstić information content (AvgIpc) is 2.90. The van der Waals surface area contributed by atoms with Crippen molar-refractivity contribution in [3.63, 3.8) is 0 Å². The standard InChI is InChI=1S/C13H19ClN2O2S/c1-8(13(17)15-5-6-18-2)16-10-3-4-11-9(10)7-12(14)19-11/h7-8,10,16H,3-6H2,1-2H3,(H,15,17). The zero-order chi connectivity index (χ0) is 13.8. The molecule has 0 saturated heterocycles. The molecule has 0 aliphatic heterocycles. The second kappa shape index (κ2) is 6.70. The van der Waals surface area contributed by atoms with Gasteiger partial charge in [0.15, 0.2) is 0 Å². The summed E-state index contributed by atoms with van der Waals surface area (Å²) in [6.45, 7) is 2.96. The van der Waals surface area contributed by atoms with E-state index in [1.165, 1.54) is 10.4 Å². The highest BCUT2D eigenvalue weighted by Gasteiger charge is 2.27. The number of hydrogen-bond donors (Lipinski definition) is 2. The Morgan fingerprint density at radius 2 is 2.47 bits per heavy atom. The third-order valence-corrected chi connectivity index (χ3v) is 4.64. The molecule has 2 rings (SSSR count). The summed E-state index contributed by atoms with van der Waals surface area (Å²) in [7, 11) is 1.62. The summed E-state index contributed by atoms with van der Waals surface area (Å²) < 4.78 is 5.73. The smallest absolute Gasteiger partial charge is 0.236 e. The van der Waals surface area contributed by atoms with Gasteiger partial charge in [0, 0.05) is 24.6 Å². The maximum atomic E-state index is 11.9. The van der Waals surface area contributed by atoms with E-state index in [9.17, 15) is 4.79 Å². The minimum Gasteiger partial charge on any atom is -0.383 e. The van der Waals surface area contributed by atoms with E-state index < -0.39 is 0 Å². The van der Waals surface area contributed by atoms with Crippen LogP contribution in [-0.2, 0) is 16.0 Å². The second-order valence-corrected chi connectivity index (χ2v) is 6.46. The zero-order valence-electron chi connectivity index (χ0n) is 11.2. The van der Waals surface area contributed by atoms with Crippen molar-refractivity contribution >= 4 is 28.8 Å². The van der Waals surface area contributed by atoms with Crippen molar-refractivity contribution in [3.05, 3.63) is 20.8 Å². The molecular formula is C13H19ClN2O2S. The SMILES string of the molecule is COCCNC(=O)C(C)NC1CCc2sc(Cl)cc21. The predicted octanol–water partition coefficient (Wildman–Crippen LogP) is 2.13. The molecule has 6 heteroatoms. The molecule has 1 aromatic heterocycles. The van der Waals surface area contributed by atoms with Gasteiger partial charge in [-0.3, -0.25) is 10.1 Å². The Bertz CT molecular complexity index is 450. The maximum absolute atomic E-state index is 11.9. The Kier molecular flexibility index (Phi) is 5.21. The zero-order valence-corrected chi connectivity index (χ0v) is 12.7. The van der Waals surface area contributed by atoms with E-state index in [1.807, 2.05) is 13.0 Å². The molecule has 0 spiro atoms. The van der Waals surface area contributed by atoms with E-state index in [0.29, 0.717) is 13.2 Å². The van der Waals surface area contributed by atoms with Crippen LogP contribution in [0.2, 0.25) is 4.34 Å². The molecule has 1 aromatic rings. The molecule has 2 N–H and O–H groups in total. The first-order valence-corrected chi connectivity index (χ1v) is 7.62. The number of carbonyl (C=O) groups excluding carboxylic acids is 1. The summed E-state index contributed by atoms with van der Waals surface area (Å²) in [5, 5.41) is 6.21. The van der Waals surface area contributed by atoms with Crippen LogP contribution in [0.5, 0.6) is 0 Å². The van der Waals surface area contributed by atoms with Gasteiger partial charge in [0.25, 0.3) is 0 Å². The number of rotatable bonds is 6. The number of amides is 1. The fraction of sp³-hybridized carbons (Fsp3) is 0.615. The first-order valence-electron chi connectivity index (χ1n) is 6.42. The number of ether oxygens (including phenoxy) is 1. The highest BCUT2D eigenvalue weighted by Crippen LogP contribution is 2.39. The molecule has 106 valence electrons. The van der Waals surface area contributed by atoms with Gasteiger partial charge in [-0.05, 0) is 31.4 Å². The summed E-state index contributed by atoms with van der Waals surface area (Å²) in [6, 6.07) is 2.04. The molecule has 2 unspecified atom stereocenters. The van der Waals surface area contributed by atoms with Gasteiger partial charge >= 0.3 is 0 Å². The lowest BCUT2D eigenvalue weighted by Gasteiger charge is -2.19. The van der Waals surface area contributed by atoms with Crippen molar-refractivity contribution < 1.29 is 9.53 Å². The van der Waals surface area contributed by atoms with Crippen LogP contribution in [0, 0.1) is 0 Å². The number of fused-ring (bicyclic) bond motifs is 1. The monoisotopic (exact) mass is 302 g/mol. The van der Waals surface area contributed by atoms with Crippen molar-refractivity contribution in [1.29, 1.82) is 0 Å². The molecule has 19 heavy (non-hydrogen) atoms. The third kappa shape index (κ3) is 3.69. The lowest BCUT2D eigenvalue weighted by atomic mass is 10.1. The summed E-state index contributed by atoms with van der Waals surface area (Å²) in [5.74, 6) is 0.00632. The van der Waals surface area contributed by atoms with Gasteiger partial charge in [0.05, 0.1) is 17.0 Å². The molecule has 0 radical (unpaired) electrons. The van der Waals surface area contributed by atoms with Crippen molar-refractivity contribution in [2.75, 3.05) is 20.3 Å². The van der Waals surface area contributed by atoms with Gasteiger partial charge < -0.3 is 10.1 Å². The van der Waals surface area contributed by atoms with E-state index in [2.05, 4.69) is 10.6 Å². The molecule has 1 heterocycles. The number of hydrogen-bond acceptors (Lipinski definition) is 4. The lowest BCUT2D eigenvalue weighted by molar-refractivity contribution is -0.123. The molecule has 1 aliphatic rings. The van der Waals surface area contributed by atoms with Gasteiger partial charge in [0.2, 0.25) is 5.91 Å². The Balaban J connectivity index is 1.86. The molecule has 1 aliphatic carbocycles. The van der Waals surface area contributed by atoms with Crippen LogP contribution in [0.3, 0.4) is 0 Å². The summed E-state index contributed by atoms with van der Waals surface area (Å²) in [6.07, 6.45) is 2.08. The Morgan fingerprint density at radius 1 is 1.68 bits per heavy atom. The molecule has 2 atom stereocenters. The Morgan fingerprint density at radius 3 is 3.21 bits per heavy atom. The fourth-order valence-electron chi connectivity index (χ4n) is 2.31. The normalized spacial score (nSPS) is 19.2. The maximum Gasteiger partial charge on any atom is 0.236 e. The summed E-state index contributed by atoms with van der Waals surface area (Å²) in [5.41, 5.74) is 1.26. The van der Waals surface area contributed by atoms with Crippen LogP contribution < -0.4 is 10.6 Å². The largest absolute Gasteiger partial charge is 0.383 e. The highest BCUT2D eigenvalue weighted by atomic mass is 35.5. The Hall–Kier alpha value is -0.620. The summed E-state index contributed by atoms with van der Waals surface area (Å²) in [4.78, 5) is 13.2. The van der Waals surface area contributed by atoms with E-state index in [0.717, 1.165) is 17.2 Å². The van der Waals surface area contributed by atoms with Crippen LogP contribution in [-0.4, -0.2) is 32.2 Å². The lowest BCUT2D eigenvalue weighted by Crippen LogP contribution is -2.44. The average molecular weight is 303 g/mol. The molecule has 0 aromatic carbocycles. The number of aryl methyl sites for hydroxylation is 1. The first-order chi connectivity index (χ1) is 9.11. The Labute approximate surface area is 122 Å². The van der Waals surface area contributed by atoms with Crippen LogP contribution in [0.4, 0.5) is 0 Å². The second-order valence-electron chi connectivity index (χ2n) is 4.69. The first kappa shape index (κ1) is 14.8. The fourth-order valence-corrected chi connectivity index (χ4v) is 3.67. The van der Waals surface area contributed by atoms with Crippen molar-refractivity contribution in [2.45, 2.75) is 31.8 Å². The summed E-state index contributed by atoms with van der Waals surface area (Å²) >= 11 is 7.67. The third-order valence-electron chi connectivity index (χ3n) is 3.30. The van der Waals surface area contributed by atoms with Crippen molar-refractivity contribution in [2.24, 2.45) is 0 Å². The number of carbonyl (C=O) groups is 1. The van der Waals surface area contributed by atoms with Gasteiger partial charge in [-0.2, -0.15) is 0 Å². The van der Waals surface area contributed by atoms with Crippen LogP contribution in [0.15, 0.2) is 6.07 Å². The van der Waals surface area contributed by atoms with Gasteiger partial charge in [-0.1, -0.05) is 11.6 Å². The molecule has 4 nitrogen and oxygen atoms in total. The van der Waals surface area contributed by atoms with Gasteiger partial charge in [-0.25, -0.2) is 0 Å². The number of nitrogens with one attached hydrogen (secondary N) is 2. The number of halogens is 1. The number of methoxy groups -OCH3 is 1. The van der Waals surface area contributed by atoms with Gasteiger partial charge in [0.1, 0.15) is 0 Å². The topological polar surface area (TPSA) is 50.4 Å². The van der Waals surface area contributed by atoms with Crippen molar-refractivity contribution in [1.82, 2.24) is 10.6 Å². The van der Waals surface area contributed by atoms with Crippen LogP contribution in [0.25, 0.3) is 0 Å². The van der Waals surface area contributed by atoms with Crippen LogP contribution in [0.1, 0.15) is 29.8 Å². The van der Waals surface area contributed by atoms with E-state index in [-0.39, 0.29) is 18.0 Å². The van der Waals surface area contributed by atoms with Crippen LogP contribution >= 0.6 is 22.9 Å². The van der Waals surface area contributed by atoms with E-state index in [4.69, 9.17) is 16.3 Å². The molecule has 0 bridgehead atoms. The molecule has 0 fully saturated rings. The molecular weight excluding hydrogens is 284 g/mol. The van der Waals surface area contributed by atoms with Gasteiger partial charge in [-0.15, -0.1) is 11.3 Å². The minimum absolute atomic E-state index is 0.00632. The number of thiophene rings is 1. The molecule has 0 saturated carbocycles. The van der Waals surface area contributed by atoms with E-state index in [1.54, 1.807) is 18.4 Å². The molecule has 1 amide bonds. The quantitative estimate of drug-likeness (QED) is 0.792. The van der Waals surface area contributed by atoms with Crippen molar-refractivity contribution in [3.8, 4) is 0 Å².